The van der Waals surface area contributed by atoms with E-state index in [4.69, 9.17) is 42.6 Å². The summed E-state index contributed by atoms with van der Waals surface area (Å²) in [6, 6.07) is 58.6. The maximum absolute atomic E-state index is 12.2. The van der Waals surface area contributed by atoms with Gasteiger partial charge in [0.15, 0.2) is 12.6 Å². The Kier molecular flexibility index (Phi) is 17.4. The lowest BCUT2D eigenvalue weighted by Crippen LogP contribution is -2.66. The van der Waals surface area contributed by atoms with Crippen LogP contribution in [-0.4, -0.2) is 84.8 Å². The molecule has 340 valence electrons. The Morgan fingerprint density at radius 2 is 0.677 bits per heavy atom. The first-order valence-corrected chi connectivity index (χ1v) is 22.3. The molecule has 2 heterocycles. The largest absolute Gasteiger partial charge is 0.387 e. The highest BCUT2D eigenvalue weighted by molar-refractivity contribution is 5.18. The molecule has 6 aromatic carbocycles. The Morgan fingerprint density at radius 3 is 1.09 bits per heavy atom. The maximum Gasteiger partial charge on any atom is 0.187 e. The summed E-state index contributed by atoms with van der Waals surface area (Å²) in [5.41, 5.74) is 5.59. The lowest BCUT2D eigenvalue weighted by Gasteiger charge is -2.49. The minimum absolute atomic E-state index is 0.0206. The molecule has 0 unspecified atom stereocenters. The zero-order valence-corrected chi connectivity index (χ0v) is 36.3. The van der Waals surface area contributed by atoms with Gasteiger partial charge in [0.1, 0.15) is 48.8 Å². The normalized spacial score (nSPS) is 25.6. The standard InChI is InChI=1S/C54H58O11/c55-47-45(37-57-31-39-19-7-1-8-20-39)64-54(52(62-36-44-29-17-6-18-30-44)49(47)59-33-41-23-11-3-12-24-41)65-48-46(38-58-32-40-21-9-2-10-22-40)63-53(56)51(61-35-43-27-15-5-16-28-43)50(48)60-34-42-25-13-4-14-26-42/h1-30,45-56H,31-38H2/t45-,46-,47+,48-,49+,50+,51-,52-,53+,54+/m1/s1. The summed E-state index contributed by atoms with van der Waals surface area (Å²) < 4.78 is 59.6. The quantitative estimate of drug-likeness (QED) is 0.0691. The van der Waals surface area contributed by atoms with Crippen LogP contribution in [-0.2, 0) is 82.3 Å². The van der Waals surface area contributed by atoms with E-state index in [0.717, 1.165) is 33.4 Å². The third-order valence-electron chi connectivity index (χ3n) is 11.4. The fourth-order valence-electron chi connectivity index (χ4n) is 8.02. The van der Waals surface area contributed by atoms with Crippen LogP contribution < -0.4 is 0 Å². The van der Waals surface area contributed by atoms with E-state index in [1.54, 1.807) is 0 Å². The Labute approximate surface area is 381 Å². The topological polar surface area (TPSA) is 124 Å². The molecule has 0 spiro atoms. The number of rotatable bonds is 22. The van der Waals surface area contributed by atoms with Crippen LogP contribution in [0.1, 0.15) is 33.4 Å². The van der Waals surface area contributed by atoms with Gasteiger partial charge in [0.25, 0.3) is 0 Å². The molecule has 0 saturated carbocycles. The molecule has 0 aromatic heterocycles. The summed E-state index contributed by atoms with van der Waals surface area (Å²) in [6.45, 7) is 1.34. The molecule has 0 radical (unpaired) electrons. The van der Waals surface area contributed by atoms with Crippen molar-refractivity contribution in [1.82, 2.24) is 0 Å². The molecule has 2 fully saturated rings. The van der Waals surface area contributed by atoms with Gasteiger partial charge >= 0.3 is 0 Å². The Morgan fingerprint density at radius 1 is 0.338 bits per heavy atom. The summed E-state index contributed by atoms with van der Waals surface area (Å²) in [6.07, 6.45) is -10.4. The molecule has 2 saturated heterocycles. The van der Waals surface area contributed by atoms with Crippen molar-refractivity contribution >= 4 is 0 Å². The number of aliphatic hydroxyl groups excluding tert-OH is 2. The molecule has 65 heavy (non-hydrogen) atoms. The van der Waals surface area contributed by atoms with E-state index in [-0.39, 0.29) is 46.2 Å². The third kappa shape index (κ3) is 13.5. The van der Waals surface area contributed by atoms with Crippen molar-refractivity contribution in [2.45, 2.75) is 101 Å². The third-order valence-corrected chi connectivity index (χ3v) is 11.4. The van der Waals surface area contributed by atoms with Gasteiger partial charge in [-0.3, -0.25) is 0 Å². The van der Waals surface area contributed by atoms with E-state index in [9.17, 15) is 10.2 Å². The predicted octanol–water partition coefficient (Wildman–Crippen LogP) is 7.95. The van der Waals surface area contributed by atoms with Crippen molar-refractivity contribution < 1.29 is 52.8 Å². The molecule has 2 aliphatic rings. The second-order valence-corrected chi connectivity index (χ2v) is 16.2. The minimum atomic E-state index is -1.41. The van der Waals surface area contributed by atoms with Gasteiger partial charge in [-0.25, -0.2) is 0 Å². The summed E-state index contributed by atoms with van der Waals surface area (Å²) in [5, 5.41) is 24.0. The van der Waals surface area contributed by atoms with Crippen LogP contribution in [0.2, 0.25) is 0 Å². The van der Waals surface area contributed by atoms with Gasteiger partial charge in [-0.15, -0.1) is 0 Å². The van der Waals surface area contributed by atoms with Crippen LogP contribution in [0, 0.1) is 0 Å². The van der Waals surface area contributed by atoms with E-state index >= 15 is 0 Å². The van der Waals surface area contributed by atoms with Crippen molar-refractivity contribution in [3.8, 4) is 0 Å². The van der Waals surface area contributed by atoms with Crippen molar-refractivity contribution in [1.29, 1.82) is 0 Å². The molecule has 0 amide bonds. The maximum atomic E-state index is 12.2. The highest BCUT2D eigenvalue weighted by Gasteiger charge is 2.53. The van der Waals surface area contributed by atoms with E-state index in [1.807, 2.05) is 182 Å². The number of benzene rings is 6. The average Bonchev–Trinajstić information content (AvgIpc) is 3.35. The SMILES string of the molecule is O[C@@H]1[C@H](OCc2ccccc2)[C@@H](OCc2ccccc2)[C@H](O[C@H]2[C@H](OCc3ccccc3)[C@@H](OCc3ccccc3)[C@@H](O)O[C@@H]2COCc2ccccc2)O[C@@H]1COCc1ccccc1. The zero-order valence-electron chi connectivity index (χ0n) is 36.3. The molecule has 0 bridgehead atoms. The summed E-state index contributed by atoms with van der Waals surface area (Å²) >= 11 is 0. The molecular weight excluding hydrogens is 825 g/mol. The minimum Gasteiger partial charge on any atom is -0.387 e. The van der Waals surface area contributed by atoms with Crippen molar-refractivity contribution in [2.24, 2.45) is 0 Å². The van der Waals surface area contributed by atoms with Gasteiger partial charge in [0, 0.05) is 0 Å². The van der Waals surface area contributed by atoms with E-state index in [2.05, 4.69) is 0 Å². The van der Waals surface area contributed by atoms with Crippen LogP contribution in [0.25, 0.3) is 0 Å². The van der Waals surface area contributed by atoms with Crippen LogP contribution in [0.3, 0.4) is 0 Å². The van der Waals surface area contributed by atoms with Gasteiger partial charge in [0.2, 0.25) is 0 Å². The summed E-state index contributed by atoms with van der Waals surface area (Å²) in [4.78, 5) is 0. The fraction of sp³-hybridized carbons (Fsp3) is 0.333. The lowest BCUT2D eigenvalue weighted by molar-refractivity contribution is -0.371. The Bertz CT molecular complexity index is 2210. The van der Waals surface area contributed by atoms with Crippen LogP contribution >= 0.6 is 0 Å². The van der Waals surface area contributed by atoms with Crippen LogP contribution in [0.15, 0.2) is 182 Å². The lowest BCUT2D eigenvalue weighted by atomic mass is 9.96. The first-order chi connectivity index (χ1) is 32.1. The van der Waals surface area contributed by atoms with Crippen molar-refractivity contribution in [3.63, 3.8) is 0 Å². The number of ether oxygens (including phenoxy) is 9. The number of aliphatic hydroxyl groups is 2. The molecule has 8 rings (SSSR count). The van der Waals surface area contributed by atoms with Gasteiger partial charge < -0.3 is 52.8 Å². The molecule has 11 heteroatoms. The number of hydrogen-bond donors (Lipinski definition) is 2. The molecule has 2 N–H and O–H groups in total. The monoisotopic (exact) mass is 882 g/mol. The van der Waals surface area contributed by atoms with Crippen LogP contribution in [0.5, 0.6) is 0 Å². The smallest absolute Gasteiger partial charge is 0.187 e. The summed E-state index contributed by atoms with van der Waals surface area (Å²) in [7, 11) is 0. The molecular formula is C54H58O11. The van der Waals surface area contributed by atoms with Gasteiger partial charge in [-0.2, -0.15) is 0 Å². The average molecular weight is 883 g/mol. The fourth-order valence-corrected chi connectivity index (χ4v) is 8.02. The zero-order chi connectivity index (χ0) is 44.5. The highest BCUT2D eigenvalue weighted by Crippen LogP contribution is 2.35. The Balaban J connectivity index is 1.14. The first-order valence-electron chi connectivity index (χ1n) is 22.3. The molecule has 6 aromatic rings. The number of hydrogen-bond acceptors (Lipinski definition) is 11. The Hall–Kier alpha value is -5.12. The molecule has 0 aliphatic carbocycles. The van der Waals surface area contributed by atoms with E-state index < -0.39 is 61.4 Å². The van der Waals surface area contributed by atoms with Gasteiger partial charge in [-0.1, -0.05) is 182 Å². The van der Waals surface area contributed by atoms with Crippen LogP contribution in [0.4, 0.5) is 0 Å². The molecule has 10 atom stereocenters. The summed E-state index contributed by atoms with van der Waals surface area (Å²) in [5.74, 6) is 0. The second-order valence-electron chi connectivity index (χ2n) is 16.2. The van der Waals surface area contributed by atoms with E-state index in [0.29, 0.717) is 6.61 Å². The van der Waals surface area contributed by atoms with Gasteiger partial charge in [-0.05, 0) is 33.4 Å². The first kappa shape index (κ1) is 46.4. The van der Waals surface area contributed by atoms with Gasteiger partial charge in [0.05, 0.1) is 52.9 Å². The highest BCUT2D eigenvalue weighted by atomic mass is 16.7. The second kappa shape index (κ2) is 24.4. The van der Waals surface area contributed by atoms with Crippen molar-refractivity contribution in [2.75, 3.05) is 13.2 Å². The predicted molar refractivity (Wildman–Crippen MR) is 243 cm³/mol. The molecule has 11 nitrogen and oxygen atoms in total. The van der Waals surface area contributed by atoms with Crippen molar-refractivity contribution in [3.05, 3.63) is 215 Å². The molecule has 2 aliphatic heterocycles. The van der Waals surface area contributed by atoms with E-state index in [1.165, 1.54) is 0 Å².